The van der Waals surface area contributed by atoms with Gasteiger partial charge in [0.2, 0.25) is 0 Å². The lowest BCUT2D eigenvalue weighted by Gasteiger charge is -2.27. The number of unbranched alkanes of at least 4 members (excludes halogenated alkanes) is 3. The van der Waals surface area contributed by atoms with E-state index in [1.54, 1.807) is 72.8 Å². The Bertz CT molecular complexity index is 2450. The first-order valence-electron chi connectivity index (χ1n) is 23.6. The van der Waals surface area contributed by atoms with Crippen LogP contribution in [0, 0.1) is 0 Å². The third-order valence-corrected chi connectivity index (χ3v) is 12.4. The van der Waals surface area contributed by atoms with Crippen molar-refractivity contribution in [2.45, 2.75) is 100.0 Å². The van der Waals surface area contributed by atoms with E-state index in [2.05, 4.69) is 62.5 Å². The van der Waals surface area contributed by atoms with Crippen LogP contribution in [0.1, 0.15) is 80.4 Å². The van der Waals surface area contributed by atoms with E-state index >= 15 is 0 Å². The second-order valence-corrected chi connectivity index (χ2v) is 17.6. The van der Waals surface area contributed by atoms with E-state index < -0.39 is 57.6 Å². The van der Waals surface area contributed by atoms with E-state index in [4.69, 9.17) is 34.4 Å². The van der Waals surface area contributed by atoms with Crippen molar-refractivity contribution in [2.24, 2.45) is 34.4 Å². The molecule has 0 saturated carbocycles. The molecule has 3 aromatic carbocycles. The number of nitrogens with one attached hydrogen (secondary N) is 3. The van der Waals surface area contributed by atoms with Gasteiger partial charge in [-0.25, -0.2) is 14.0 Å². The molecule has 3 amide bonds. The van der Waals surface area contributed by atoms with Crippen molar-refractivity contribution in [1.82, 2.24) is 60.6 Å². The van der Waals surface area contributed by atoms with Crippen LogP contribution in [0.4, 0.5) is 17.1 Å². The largest absolute Gasteiger partial charge is 0.330 e. The number of ketones is 3. The number of anilines is 3. The number of rotatable bonds is 30. The minimum atomic E-state index is -1.93. The van der Waals surface area contributed by atoms with Gasteiger partial charge >= 0.3 is 0 Å². The van der Waals surface area contributed by atoms with Crippen LogP contribution in [0.2, 0.25) is 0 Å². The summed E-state index contributed by atoms with van der Waals surface area (Å²) in [6.07, 6.45) is 6.69. The molecule has 15 N–H and O–H groups in total. The summed E-state index contributed by atoms with van der Waals surface area (Å²) in [5, 5.41) is 40.9. The summed E-state index contributed by atoms with van der Waals surface area (Å²) in [6, 6.07) is 20.8. The number of Topliss-reactive ketones (excluding diaryl/α,β-unsaturated/α-hetero) is 3. The van der Waals surface area contributed by atoms with Gasteiger partial charge in [0.15, 0.2) is 34.0 Å². The second kappa shape index (κ2) is 26.9. The average molecular weight is 1040 g/mol. The van der Waals surface area contributed by atoms with Gasteiger partial charge in [-0.2, -0.15) is 0 Å². The molecule has 0 bridgehead atoms. The van der Waals surface area contributed by atoms with Crippen LogP contribution in [-0.4, -0.2) is 132 Å². The standard InChI is InChI=1S/C46H61N21O6.ClH/c47-22-4-1-19-44(50,37(68)25-65-28-53-59-62-65)41(71)56-34-13-7-31(8-14-34)40(32-9-15-35(16-10-32)57-42(72)45(51,20-2-5-23-48)38(69)26-66-29-54-60-63-66)33-11-17-36(18-12-33)58-43(73)46(52,21-3-6-24-49)39(70)27-67-30-55-61-64-67;/h7-18,28-30,40H,1-6,19-27,47-52H2,(H,56,71)(H,57,72)(H,58,73);1H/t44-,45-,46-;/m0./s1. The number of hydrogen-bond donors (Lipinski definition) is 9. The highest BCUT2D eigenvalue weighted by Crippen LogP contribution is 2.35. The fraction of sp³-hybridized carbons (Fsp3) is 0.413. The molecular formula is C46H62ClN21O6. The first-order valence-corrected chi connectivity index (χ1v) is 23.6. The van der Waals surface area contributed by atoms with Crippen molar-refractivity contribution in [3.8, 4) is 0 Å². The van der Waals surface area contributed by atoms with Crippen LogP contribution in [0.3, 0.4) is 0 Å². The van der Waals surface area contributed by atoms with Crippen LogP contribution in [0.5, 0.6) is 0 Å². The Labute approximate surface area is 431 Å². The van der Waals surface area contributed by atoms with Gasteiger partial charge in [-0.05, 0) is 162 Å². The first kappa shape index (κ1) is 57.2. The van der Waals surface area contributed by atoms with E-state index in [0.29, 0.717) is 75.2 Å². The minimum absolute atomic E-state index is 0. The first-order chi connectivity index (χ1) is 35.1. The van der Waals surface area contributed by atoms with Gasteiger partial charge in [-0.1, -0.05) is 36.4 Å². The van der Waals surface area contributed by atoms with Crippen LogP contribution < -0.4 is 50.4 Å². The summed E-state index contributed by atoms with van der Waals surface area (Å²) in [5.41, 5.74) is 34.4. The van der Waals surface area contributed by atoms with Crippen LogP contribution in [0.15, 0.2) is 91.8 Å². The maximum atomic E-state index is 13.9. The Morgan fingerprint density at radius 3 is 0.905 bits per heavy atom. The molecule has 0 aliphatic rings. The fourth-order valence-electron chi connectivity index (χ4n) is 7.99. The third kappa shape index (κ3) is 14.5. The van der Waals surface area contributed by atoms with Crippen LogP contribution in [-0.2, 0) is 48.4 Å². The Kier molecular flexibility index (Phi) is 20.8. The lowest BCUT2D eigenvalue weighted by Crippen LogP contribution is -2.58. The molecule has 0 unspecified atom stereocenters. The molecule has 0 spiro atoms. The molecule has 6 rings (SSSR count). The predicted molar refractivity (Wildman–Crippen MR) is 271 cm³/mol. The average Bonchev–Trinajstić information content (AvgIpc) is 4.22. The summed E-state index contributed by atoms with van der Waals surface area (Å²) in [4.78, 5) is 82.1. The molecular weight excluding hydrogens is 978 g/mol. The highest BCUT2D eigenvalue weighted by molar-refractivity contribution is 6.16. The van der Waals surface area contributed by atoms with Gasteiger partial charge in [0.05, 0.1) is 0 Å². The summed E-state index contributed by atoms with van der Waals surface area (Å²) < 4.78 is 3.56. The highest BCUT2D eigenvalue weighted by Gasteiger charge is 2.44. The van der Waals surface area contributed by atoms with Crippen molar-refractivity contribution < 1.29 is 28.8 Å². The van der Waals surface area contributed by atoms with E-state index in [1.807, 2.05) is 0 Å². The van der Waals surface area contributed by atoms with Crippen molar-refractivity contribution in [3.05, 3.63) is 108 Å². The number of carbonyl (C=O) groups excluding carboxylic acids is 6. The zero-order valence-electron chi connectivity index (χ0n) is 40.5. The zero-order valence-corrected chi connectivity index (χ0v) is 41.3. The lowest BCUT2D eigenvalue weighted by molar-refractivity contribution is -0.135. The molecule has 0 fully saturated rings. The van der Waals surface area contributed by atoms with E-state index in [0.717, 1.165) is 16.7 Å². The normalized spacial score (nSPS) is 13.7. The lowest BCUT2D eigenvalue weighted by atomic mass is 9.84. The number of hydrogen-bond acceptors (Lipinski definition) is 21. The number of aromatic nitrogens is 12. The zero-order chi connectivity index (χ0) is 52.4. The van der Waals surface area contributed by atoms with Gasteiger partial charge in [0.1, 0.15) is 38.6 Å². The van der Waals surface area contributed by atoms with Gasteiger partial charge < -0.3 is 50.4 Å². The Hall–Kier alpha value is -7.66. The van der Waals surface area contributed by atoms with E-state index in [9.17, 15) is 28.8 Å². The number of nitrogens with zero attached hydrogens (tertiary/aromatic N) is 12. The number of halogens is 1. The Balaban J connectivity index is 0.0000101. The second-order valence-electron chi connectivity index (χ2n) is 17.6. The highest BCUT2D eigenvalue weighted by atomic mass is 35.5. The molecule has 28 heteroatoms. The molecule has 3 heterocycles. The Morgan fingerprint density at radius 2 is 0.689 bits per heavy atom. The van der Waals surface area contributed by atoms with Crippen LogP contribution in [0.25, 0.3) is 0 Å². The molecule has 0 radical (unpaired) electrons. The molecule has 0 aliphatic heterocycles. The van der Waals surface area contributed by atoms with E-state index in [-0.39, 0.29) is 51.3 Å². The maximum Gasteiger partial charge on any atom is 0.252 e. The number of benzene rings is 3. The number of carbonyl (C=O) groups is 6. The molecule has 0 aliphatic carbocycles. The molecule has 0 saturated heterocycles. The Morgan fingerprint density at radius 1 is 0.432 bits per heavy atom. The molecule has 3 aromatic heterocycles. The van der Waals surface area contributed by atoms with Crippen LogP contribution >= 0.6 is 12.4 Å². The molecule has 74 heavy (non-hydrogen) atoms. The van der Waals surface area contributed by atoms with Crippen molar-refractivity contribution >= 4 is 64.5 Å². The third-order valence-electron chi connectivity index (χ3n) is 12.4. The maximum absolute atomic E-state index is 13.9. The summed E-state index contributed by atoms with van der Waals surface area (Å²) in [7, 11) is 0. The van der Waals surface area contributed by atoms with Gasteiger partial charge in [-0.3, -0.25) is 28.8 Å². The quantitative estimate of drug-likeness (QED) is 0.0154. The number of nitrogens with two attached hydrogens (primary N) is 6. The monoisotopic (exact) mass is 1040 g/mol. The molecule has 27 nitrogen and oxygen atoms in total. The topological polar surface area (TPSA) is 425 Å². The minimum Gasteiger partial charge on any atom is -0.330 e. The number of amides is 3. The van der Waals surface area contributed by atoms with Gasteiger partial charge in [-0.15, -0.1) is 27.7 Å². The predicted octanol–water partition coefficient (Wildman–Crippen LogP) is -0.649. The fourth-order valence-corrected chi connectivity index (χ4v) is 7.99. The summed E-state index contributed by atoms with van der Waals surface area (Å²) in [6.45, 7) is 0.0687. The van der Waals surface area contributed by atoms with E-state index in [1.165, 1.54) is 33.0 Å². The molecule has 6 aromatic rings. The van der Waals surface area contributed by atoms with Gasteiger partial charge in [0.25, 0.3) is 17.7 Å². The van der Waals surface area contributed by atoms with Crippen molar-refractivity contribution in [3.63, 3.8) is 0 Å². The SMILES string of the molecule is Cl.NCCCC[C@](N)(C(=O)Cn1cnnn1)C(=O)Nc1ccc(C(c2ccc(NC(=O)[C@](N)(CCCCN)C(=O)Cn3cnnn3)cc2)c2ccc(NC(=O)[C@](N)(CCCCN)C(=O)Cn3cnnn3)cc2)cc1. The molecule has 394 valence electrons. The smallest absolute Gasteiger partial charge is 0.252 e. The van der Waals surface area contributed by atoms with Crippen molar-refractivity contribution in [1.29, 1.82) is 0 Å². The summed E-state index contributed by atoms with van der Waals surface area (Å²) in [5.74, 6) is -4.46. The number of tetrazole rings is 3. The molecule has 3 atom stereocenters. The van der Waals surface area contributed by atoms with Crippen molar-refractivity contribution in [2.75, 3.05) is 35.6 Å². The summed E-state index contributed by atoms with van der Waals surface area (Å²) >= 11 is 0. The van der Waals surface area contributed by atoms with Gasteiger partial charge in [0, 0.05) is 23.0 Å².